The molecule has 1 aliphatic rings. The van der Waals surface area contributed by atoms with Gasteiger partial charge in [0.05, 0.1) is 34.2 Å². The molecule has 0 amide bonds. The second-order valence-corrected chi connectivity index (χ2v) is 11.1. The van der Waals surface area contributed by atoms with Gasteiger partial charge >= 0.3 is 6.18 Å². The Bertz CT molecular complexity index is 1560. The molecule has 0 aliphatic carbocycles. The van der Waals surface area contributed by atoms with Crippen LogP contribution in [0.5, 0.6) is 5.75 Å². The van der Waals surface area contributed by atoms with Crippen LogP contribution >= 0.6 is 0 Å². The van der Waals surface area contributed by atoms with Crippen LogP contribution in [0.15, 0.2) is 71.9 Å². The minimum absolute atomic E-state index is 0.105. The number of nitrogens with zero attached hydrogens (tertiary/aromatic N) is 3. The summed E-state index contributed by atoms with van der Waals surface area (Å²) in [6.45, 7) is 2.17. The third-order valence-electron chi connectivity index (χ3n) is 6.55. The summed E-state index contributed by atoms with van der Waals surface area (Å²) in [5.41, 5.74) is 3.03. The highest BCUT2D eigenvalue weighted by Crippen LogP contribution is 2.44. The fourth-order valence-electron chi connectivity index (χ4n) is 4.64. The number of aryl methyl sites for hydroxylation is 2. The van der Waals surface area contributed by atoms with Crippen LogP contribution in [0.25, 0.3) is 11.3 Å². The quantitative estimate of drug-likeness (QED) is 0.333. The topological polar surface area (TPSA) is 74.1 Å². The van der Waals surface area contributed by atoms with Crippen molar-refractivity contribution in [1.82, 2.24) is 14.8 Å². The van der Waals surface area contributed by atoms with E-state index in [2.05, 4.69) is 10.1 Å². The number of halogens is 3. The zero-order valence-corrected chi connectivity index (χ0v) is 21.0. The Hall–Kier alpha value is -3.66. The standard InChI is InChI=1S/C27H24F3N3O3S/c1-17-3-5-19(31-15-17)16-37(34,35)20-6-8-23-22(10-12-36-26(23)14-20)21-7-4-18(27(28,29)30)13-24(21)25-9-11-32-33(25)2/h3-9,11,13-15,22H,10,12,16H2,1-2H3/t22-/m0/s1. The van der Waals surface area contributed by atoms with Crippen LogP contribution in [0.4, 0.5) is 13.2 Å². The van der Waals surface area contributed by atoms with Crippen molar-refractivity contribution in [2.45, 2.75) is 36.1 Å². The molecular weight excluding hydrogens is 503 g/mol. The summed E-state index contributed by atoms with van der Waals surface area (Å²) in [5.74, 6) is -0.129. The summed E-state index contributed by atoms with van der Waals surface area (Å²) >= 11 is 0. The number of aromatic nitrogens is 3. The van der Waals surface area contributed by atoms with E-state index in [1.54, 1.807) is 31.4 Å². The van der Waals surface area contributed by atoms with Gasteiger partial charge in [-0.1, -0.05) is 18.2 Å². The maximum Gasteiger partial charge on any atom is 0.416 e. The monoisotopic (exact) mass is 527 g/mol. The van der Waals surface area contributed by atoms with Crippen LogP contribution in [0.3, 0.4) is 0 Å². The Kier molecular flexibility index (Phi) is 6.31. The van der Waals surface area contributed by atoms with E-state index in [1.165, 1.54) is 29.1 Å². The molecule has 1 atom stereocenters. The third-order valence-corrected chi connectivity index (χ3v) is 8.20. The molecule has 0 saturated heterocycles. The molecule has 1 aliphatic heterocycles. The predicted octanol–water partition coefficient (Wildman–Crippen LogP) is 5.70. The lowest BCUT2D eigenvalue weighted by molar-refractivity contribution is -0.137. The number of rotatable bonds is 5. The zero-order valence-electron chi connectivity index (χ0n) is 20.2. The number of alkyl halides is 3. The van der Waals surface area contributed by atoms with E-state index in [0.717, 1.165) is 23.3 Å². The van der Waals surface area contributed by atoms with E-state index in [1.807, 2.05) is 13.0 Å². The van der Waals surface area contributed by atoms with Crippen LogP contribution in [-0.4, -0.2) is 29.8 Å². The van der Waals surface area contributed by atoms with Gasteiger partial charge in [-0.15, -0.1) is 0 Å². The van der Waals surface area contributed by atoms with E-state index in [4.69, 9.17) is 4.74 Å². The van der Waals surface area contributed by atoms with Gasteiger partial charge in [0, 0.05) is 36.5 Å². The van der Waals surface area contributed by atoms with Crippen molar-refractivity contribution in [3.63, 3.8) is 0 Å². The zero-order chi connectivity index (χ0) is 26.4. The highest BCUT2D eigenvalue weighted by Gasteiger charge is 2.33. The molecule has 4 aromatic rings. The summed E-state index contributed by atoms with van der Waals surface area (Å²) in [6, 6.07) is 13.6. The molecule has 0 fully saturated rings. The molecule has 5 rings (SSSR count). The highest BCUT2D eigenvalue weighted by molar-refractivity contribution is 7.90. The van der Waals surface area contributed by atoms with Crippen molar-refractivity contribution in [2.24, 2.45) is 7.05 Å². The Balaban J connectivity index is 1.54. The normalized spacial score (nSPS) is 15.8. The van der Waals surface area contributed by atoms with Gasteiger partial charge in [0.2, 0.25) is 0 Å². The largest absolute Gasteiger partial charge is 0.493 e. The van der Waals surface area contributed by atoms with Crippen molar-refractivity contribution in [3.05, 3.63) is 94.9 Å². The first kappa shape index (κ1) is 25.0. The molecule has 10 heteroatoms. The number of benzene rings is 2. The van der Waals surface area contributed by atoms with Gasteiger partial charge in [0.25, 0.3) is 0 Å². The number of fused-ring (bicyclic) bond motifs is 1. The average Bonchev–Trinajstić information content (AvgIpc) is 3.29. The van der Waals surface area contributed by atoms with Gasteiger partial charge in [-0.3, -0.25) is 9.67 Å². The van der Waals surface area contributed by atoms with Gasteiger partial charge in [-0.25, -0.2) is 8.42 Å². The summed E-state index contributed by atoms with van der Waals surface area (Å²) in [7, 11) is -2.01. The average molecular weight is 528 g/mol. The molecule has 0 N–H and O–H groups in total. The minimum Gasteiger partial charge on any atom is -0.493 e. The van der Waals surface area contributed by atoms with Crippen LogP contribution in [0.2, 0.25) is 0 Å². The minimum atomic E-state index is -4.49. The van der Waals surface area contributed by atoms with Crippen molar-refractivity contribution in [3.8, 4) is 17.0 Å². The van der Waals surface area contributed by atoms with E-state index in [9.17, 15) is 21.6 Å². The van der Waals surface area contributed by atoms with Crippen molar-refractivity contribution in [1.29, 1.82) is 0 Å². The summed E-state index contributed by atoms with van der Waals surface area (Å²) in [4.78, 5) is 4.30. The molecule has 0 unspecified atom stereocenters. The smallest absolute Gasteiger partial charge is 0.416 e. The number of sulfone groups is 1. The molecule has 0 bridgehead atoms. The maximum absolute atomic E-state index is 13.6. The molecule has 192 valence electrons. The van der Waals surface area contributed by atoms with Crippen molar-refractivity contribution in [2.75, 3.05) is 6.61 Å². The van der Waals surface area contributed by atoms with E-state index in [0.29, 0.717) is 41.3 Å². The second-order valence-electron chi connectivity index (χ2n) is 9.12. The number of pyridine rings is 1. The lowest BCUT2D eigenvalue weighted by atomic mass is 9.83. The van der Waals surface area contributed by atoms with Crippen molar-refractivity contribution >= 4 is 9.84 Å². The van der Waals surface area contributed by atoms with Gasteiger partial charge in [0.15, 0.2) is 9.84 Å². The number of hydrogen-bond donors (Lipinski definition) is 0. The van der Waals surface area contributed by atoms with Crippen LogP contribution in [0.1, 0.15) is 40.3 Å². The number of hydrogen-bond acceptors (Lipinski definition) is 5. The Morgan fingerprint density at radius 2 is 1.84 bits per heavy atom. The van der Waals surface area contributed by atoms with Gasteiger partial charge in [-0.05, 0) is 60.9 Å². The van der Waals surface area contributed by atoms with E-state index in [-0.39, 0.29) is 16.6 Å². The lowest BCUT2D eigenvalue weighted by Crippen LogP contribution is -2.18. The van der Waals surface area contributed by atoms with E-state index >= 15 is 0 Å². The fourth-order valence-corrected chi connectivity index (χ4v) is 5.93. The summed E-state index contributed by atoms with van der Waals surface area (Å²) < 4.78 is 74.2. The molecule has 0 spiro atoms. The molecule has 2 aromatic carbocycles. The predicted molar refractivity (Wildman–Crippen MR) is 132 cm³/mol. The molecule has 6 nitrogen and oxygen atoms in total. The molecule has 2 aromatic heterocycles. The lowest BCUT2D eigenvalue weighted by Gasteiger charge is -2.28. The molecule has 0 radical (unpaired) electrons. The van der Waals surface area contributed by atoms with E-state index < -0.39 is 21.6 Å². The first-order valence-corrected chi connectivity index (χ1v) is 13.3. The van der Waals surface area contributed by atoms with Crippen molar-refractivity contribution < 1.29 is 26.3 Å². The van der Waals surface area contributed by atoms with Crippen LogP contribution in [-0.2, 0) is 28.8 Å². The molecule has 0 saturated carbocycles. The first-order valence-electron chi connectivity index (χ1n) is 11.6. The molecule has 37 heavy (non-hydrogen) atoms. The maximum atomic E-state index is 13.6. The molecular formula is C27H24F3N3O3S. The summed E-state index contributed by atoms with van der Waals surface area (Å²) in [5, 5.41) is 4.13. The number of ether oxygens (including phenoxy) is 1. The fraction of sp³-hybridized carbons (Fsp3) is 0.259. The Morgan fingerprint density at radius 1 is 1.05 bits per heavy atom. The van der Waals surface area contributed by atoms with Gasteiger partial charge in [0.1, 0.15) is 5.75 Å². The Labute approximate surface area is 212 Å². The van der Waals surface area contributed by atoms with Crippen LogP contribution in [0, 0.1) is 6.92 Å². The third kappa shape index (κ3) is 4.98. The SMILES string of the molecule is Cc1ccc(CS(=O)(=O)c2ccc3c(c2)OCC[C@H]3c2ccc(C(F)(F)F)cc2-c2ccnn2C)nc1. The second kappa shape index (κ2) is 9.33. The first-order chi connectivity index (χ1) is 17.5. The van der Waals surface area contributed by atoms with Crippen LogP contribution < -0.4 is 4.74 Å². The van der Waals surface area contributed by atoms with Gasteiger partial charge in [-0.2, -0.15) is 18.3 Å². The highest BCUT2D eigenvalue weighted by atomic mass is 32.2. The Morgan fingerprint density at radius 3 is 2.51 bits per heavy atom. The molecule has 3 heterocycles. The van der Waals surface area contributed by atoms with Gasteiger partial charge < -0.3 is 4.74 Å². The summed E-state index contributed by atoms with van der Waals surface area (Å²) in [6.07, 6.45) is -0.801.